The zero-order chi connectivity index (χ0) is 9.84. The van der Waals surface area contributed by atoms with Gasteiger partial charge in [-0.1, -0.05) is 37.6 Å². The number of aryl methyl sites for hydroxylation is 1. The zero-order valence-electron chi connectivity index (χ0n) is 8.39. The minimum Gasteiger partial charge on any atom is -0.383 e. The molecule has 0 aliphatic rings. The van der Waals surface area contributed by atoms with Crippen molar-refractivity contribution in [1.29, 1.82) is 0 Å². The third kappa shape index (κ3) is 2.92. The van der Waals surface area contributed by atoms with E-state index in [0.717, 1.165) is 17.3 Å². The van der Waals surface area contributed by atoms with Gasteiger partial charge in [0.15, 0.2) is 0 Å². The summed E-state index contributed by atoms with van der Waals surface area (Å²) < 4.78 is 0. The number of rotatable bonds is 3. The van der Waals surface area contributed by atoms with Crippen LogP contribution in [0.15, 0.2) is 18.2 Å². The van der Waals surface area contributed by atoms with Crippen LogP contribution in [0, 0.1) is 12.8 Å². The smallest absolute Gasteiger partial charge is 0.0640 e. The SMILES string of the molecule is Cc1cccc(Cl)c1NCC(C)C. The van der Waals surface area contributed by atoms with Crippen molar-refractivity contribution in [1.82, 2.24) is 0 Å². The molecule has 0 bridgehead atoms. The summed E-state index contributed by atoms with van der Waals surface area (Å²) in [7, 11) is 0. The summed E-state index contributed by atoms with van der Waals surface area (Å²) in [4.78, 5) is 0. The van der Waals surface area contributed by atoms with Gasteiger partial charge >= 0.3 is 0 Å². The van der Waals surface area contributed by atoms with E-state index in [-0.39, 0.29) is 0 Å². The van der Waals surface area contributed by atoms with Crippen molar-refractivity contribution in [2.45, 2.75) is 20.8 Å². The van der Waals surface area contributed by atoms with Crippen LogP contribution in [0.1, 0.15) is 19.4 Å². The van der Waals surface area contributed by atoms with Crippen molar-refractivity contribution in [3.63, 3.8) is 0 Å². The summed E-state index contributed by atoms with van der Waals surface area (Å²) in [5, 5.41) is 4.15. The van der Waals surface area contributed by atoms with Gasteiger partial charge in [-0.25, -0.2) is 0 Å². The second kappa shape index (κ2) is 4.52. The molecule has 1 nitrogen and oxygen atoms in total. The molecule has 0 unspecified atom stereocenters. The lowest BCUT2D eigenvalue weighted by atomic mass is 10.1. The summed E-state index contributed by atoms with van der Waals surface area (Å²) in [5.74, 6) is 0.635. The summed E-state index contributed by atoms with van der Waals surface area (Å²) in [6, 6.07) is 5.95. The van der Waals surface area contributed by atoms with Gasteiger partial charge in [-0.15, -0.1) is 0 Å². The van der Waals surface area contributed by atoms with Gasteiger partial charge < -0.3 is 5.32 Å². The molecule has 72 valence electrons. The van der Waals surface area contributed by atoms with E-state index in [1.165, 1.54) is 5.56 Å². The molecule has 0 radical (unpaired) electrons. The van der Waals surface area contributed by atoms with Gasteiger partial charge in [0, 0.05) is 6.54 Å². The normalized spacial score (nSPS) is 10.5. The van der Waals surface area contributed by atoms with Crippen molar-refractivity contribution in [2.24, 2.45) is 5.92 Å². The lowest BCUT2D eigenvalue weighted by Gasteiger charge is -2.12. The highest BCUT2D eigenvalue weighted by Gasteiger charge is 2.02. The second-order valence-corrected chi connectivity index (χ2v) is 4.11. The predicted octanol–water partition coefficient (Wildman–Crippen LogP) is 3.72. The molecule has 0 amide bonds. The lowest BCUT2D eigenvalue weighted by Crippen LogP contribution is -2.09. The Balaban J connectivity index is 2.75. The molecule has 2 heteroatoms. The van der Waals surface area contributed by atoms with Crippen molar-refractivity contribution < 1.29 is 0 Å². The van der Waals surface area contributed by atoms with Crippen molar-refractivity contribution >= 4 is 17.3 Å². The molecule has 0 spiro atoms. The average molecular weight is 198 g/mol. The number of hydrogen-bond donors (Lipinski definition) is 1. The highest BCUT2D eigenvalue weighted by molar-refractivity contribution is 6.33. The minimum atomic E-state index is 0.635. The maximum absolute atomic E-state index is 6.05. The van der Waals surface area contributed by atoms with E-state index in [0.29, 0.717) is 5.92 Å². The first kappa shape index (κ1) is 10.4. The highest BCUT2D eigenvalue weighted by atomic mass is 35.5. The number of anilines is 1. The summed E-state index contributed by atoms with van der Waals surface area (Å²) >= 11 is 6.05. The van der Waals surface area contributed by atoms with Gasteiger partial charge in [-0.3, -0.25) is 0 Å². The Morgan fingerprint density at radius 2 is 2.08 bits per heavy atom. The molecule has 0 saturated carbocycles. The first-order chi connectivity index (χ1) is 6.11. The average Bonchev–Trinajstić information content (AvgIpc) is 2.03. The van der Waals surface area contributed by atoms with Gasteiger partial charge in [0.2, 0.25) is 0 Å². The van der Waals surface area contributed by atoms with Crippen LogP contribution in [0.2, 0.25) is 5.02 Å². The van der Waals surface area contributed by atoms with Crippen molar-refractivity contribution in [2.75, 3.05) is 11.9 Å². The molecule has 1 aromatic carbocycles. The Morgan fingerprint density at radius 3 is 2.62 bits per heavy atom. The van der Waals surface area contributed by atoms with E-state index >= 15 is 0 Å². The fourth-order valence-electron chi connectivity index (χ4n) is 1.16. The van der Waals surface area contributed by atoms with E-state index in [2.05, 4.69) is 32.2 Å². The maximum Gasteiger partial charge on any atom is 0.0640 e. The summed E-state index contributed by atoms with van der Waals surface area (Å²) in [6.45, 7) is 7.39. The van der Waals surface area contributed by atoms with E-state index in [1.54, 1.807) is 0 Å². The van der Waals surface area contributed by atoms with Crippen molar-refractivity contribution in [3.05, 3.63) is 28.8 Å². The Morgan fingerprint density at radius 1 is 1.38 bits per heavy atom. The number of benzene rings is 1. The first-order valence-corrected chi connectivity index (χ1v) is 4.98. The van der Waals surface area contributed by atoms with Crippen molar-refractivity contribution in [3.8, 4) is 0 Å². The molecule has 13 heavy (non-hydrogen) atoms. The minimum absolute atomic E-state index is 0.635. The standard InChI is InChI=1S/C11H16ClN/c1-8(2)7-13-11-9(3)5-4-6-10(11)12/h4-6,8,13H,7H2,1-3H3. The van der Waals surface area contributed by atoms with Gasteiger partial charge in [0.05, 0.1) is 10.7 Å². The molecule has 0 fully saturated rings. The topological polar surface area (TPSA) is 12.0 Å². The predicted molar refractivity (Wildman–Crippen MR) is 59.5 cm³/mol. The Hall–Kier alpha value is -0.690. The quantitative estimate of drug-likeness (QED) is 0.779. The molecular weight excluding hydrogens is 182 g/mol. The van der Waals surface area contributed by atoms with Crippen LogP contribution in [0.3, 0.4) is 0 Å². The molecule has 0 aliphatic carbocycles. The first-order valence-electron chi connectivity index (χ1n) is 4.60. The van der Waals surface area contributed by atoms with Crippen LogP contribution in [0.25, 0.3) is 0 Å². The monoisotopic (exact) mass is 197 g/mol. The Bertz CT molecular complexity index is 261. The third-order valence-corrected chi connectivity index (χ3v) is 2.22. The van der Waals surface area contributed by atoms with Crippen LogP contribution >= 0.6 is 11.6 Å². The second-order valence-electron chi connectivity index (χ2n) is 3.71. The van der Waals surface area contributed by atoms with E-state index in [4.69, 9.17) is 11.6 Å². The van der Waals surface area contributed by atoms with E-state index < -0.39 is 0 Å². The van der Waals surface area contributed by atoms with Gasteiger partial charge in [0.25, 0.3) is 0 Å². The van der Waals surface area contributed by atoms with Crippen LogP contribution in [0.4, 0.5) is 5.69 Å². The molecule has 1 rings (SSSR count). The molecule has 0 atom stereocenters. The maximum atomic E-state index is 6.05. The van der Waals surface area contributed by atoms with Crippen LogP contribution in [0.5, 0.6) is 0 Å². The van der Waals surface area contributed by atoms with Gasteiger partial charge in [-0.05, 0) is 24.5 Å². The highest BCUT2D eigenvalue weighted by Crippen LogP contribution is 2.25. The molecule has 1 aromatic rings. The lowest BCUT2D eigenvalue weighted by molar-refractivity contribution is 0.688. The number of hydrogen-bond acceptors (Lipinski definition) is 1. The molecular formula is C11H16ClN. The fraction of sp³-hybridized carbons (Fsp3) is 0.455. The van der Waals surface area contributed by atoms with Crippen LogP contribution in [-0.2, 0) is 0 Å². The van der Waals surface area contributed by atoms with E-state index in [1.807, 2.05) is 12.1 Å². The number of halogens is 1. The molecule has 0 heterocycles. The summed E-state index contributed by atoms with van der Waals surface area (Å²) in [5.41, 5.74) is 2.27. The van der Waals surface area contributed by atoms with Crippen LogP contribution < -0.4 is 5.32 Å². The van der Waals surface area contributed by atoms with Gasteiger partial charge in [-0.2, -0.15) is 0 Å². The zero-order valence-corrected chi connectivity index (χ0v) is 9.15. The van der Waals surface area contributed by atoms with E-state index in [9.17, 15) is 0 Å². The fourth-order valence-corrected chi connectivity index (χ4v) is 1.45. The van der Waals surface area contributed by atoms with Gasteiger partial charge in [0.1, 0.15) is 0 Å². The summed E-state index contributed by atoms with van der Waals surface area (Å²) in [6.07, 6.45) is 0. The molecule has 0 aromatic heterocycles. The van der Waals surface area contributed by atoms with Crippen LogP contribution in [-0.4, -0.2) is 6.54 Å². The Labute approximate surface area is 85.1 Å². The largest absolute Gasteiger partial charge is 0.383 e. The third-order valence-electron chi connectivity index (χ3n) is 1.91. The Kier molecular flexibility index (Phi) is 3.61. The molecule has 0 saturated heterocycles. The molecule has 1 N–H and O–H groups in total. The number of para-hydroxylation sites is 1. The number of nitrogens with one attached hydrogen (secondary N) is 1. The molecule has 0 aliphatic heterocycles.